The van der Waals surface area contributed by atoms with E-state index in [0.29, 0.717) is 23.4 Å². The number of hydrogen-bond acceptors (Lipinski definition) is 5. The summed E-state index contributed by atoms with van der Waals surface area (Å²) in [5.41, 5.74) is 3.70. The Morgan fingerprint density at radius 3 is 2.88 bits per heavy atom. The number of aromatic nitrogens is 2. The van der Waals surface area contributed by atoms with Crippen molar-refractivity contribution < 1.29 is 13.9 Å². The molecule has 2 aliphatic heterocycles. The third-order valence-corrected chi connectivity index (χ3v) is 7.60. The standard InChI is InChI=1S/C25H25FN4O2S.ClH/c26-19-11-15(20-4-1-9-27-20)5-7-18(19)21-13-30-22-8-6-16(12-23(22)33-25(30)29-21)24(31)28-17-3-2-10-32-14-17;/h5-8,11-13,17,20,27H,1-4,9-10,14H2,(H,28,31);1H. The molecule has 2 saturated heterocycles. The number of benzene rings is 2. The average molecular weight is 501 g/mol. The van der Waals surface area contributed by atoms with E-state index in [9.17, 15) is 9.18 Å². The Morgan fingerprint density at radius 2 is 2.12 bits per heavy atom. The summed E-state index contributed by atoms with van der Waals surface area (Å²) >= 11 is 1.50. The molecule has 2 N–H and O–H groups in total. The second-order valence-electron chi connectivity index (χ2n) is 8.84. The van der Waals surface area contributed by atoms with Crippen LogP contribution in [0.25, 0.3) is 26.4 Å². The van der Waals surface area contributed by atoms with Gasteiger partial charge in [-0.15, -0.1) is 12.4 Å². The van der Waals surface area contributed by atoms with Crippen molar-refractivity contribution in [2.24, 2.45) is 0 Å². The van der Waals surface area contributed by atoms with Crippen LogP contribution in [0.1, 0.15) is 47.6 Å². The highest BCUT2D eigenvalue weighted by molar-refractivity contribution is 7.23. The van der Waals surface area contributed by atoms with E-state index in [1.165, 1.54) is 11.3 Å². The van der Waals surface area contributed by atoms with E-state index in [4.69, 9.17) is 4.74 Å². The summed E-state index contributed by atoms with van der Waals surface area (Å²) in [6.07, 6.45) is 5.95. The van der Waals surface area contributed by atoms with Crippen LogP contribution in [0.2, 0.25) is 0 Å². The Hall–Kier alpha value is -2.52. The molecule has 0 aliphatic carbocycles. The number of imidazole rings is 1. The molecule has 2 aromatic heterocycles. The fourth-order valence-corrected chi connectivity index (χ4v) is 5.87. The SMILES string of the molecule is Cl.O=C(NC1CCCOC1)c1ccc2c(c1)sc1nc(-c3ccc(C4CCCN4)cc3F)cn12. The third-order valence-electron chi connectivity index (χ3n) is 6.58. The van der Waals surface area contributed by atoms with Gasteiger partial charge in [0.1, 0.15) is 5.82 Å². The molecule has 4 aromatic rings. The number of nitrogens with one attached hydrogen (secondary N) is 2. The molecule has 34 heavy (non-hydrogen) atoms. The molecule has 0 bridgehead atoms. The molecule has 9 heteroatoms. The van der Waals surface area contributed by atoms with Crippen molar-refractivity contribution in [3.8, 4) is 11.3 Å². The van der Waals surface area contributed by atoms with Crippen molar-refractivity contribution >= 4 is 44.8 Å². The number of halogens is 2. The van der Waals surface area contributed by atoms with Gasteiger partial charge in [0, 0.05) is 30.0 Å². The van der Waals surface area contributed by atoms with Crippen molar-refractivity contribution in [3.63, 3.8) is 0 Å². The Labute approximate surface area is 206 Å². The summed E-state index contributed by atoms with van der Waals surface area (Å²) in [7, 11) is 0. The molecule has 0 saturated carbocycles. The fourth-order valence-electron chi connectivity index (χ4n) is 4.82. The summed E-state index contributed by atoms with van der Waals surface area (Å²) in [5, 5.41) is 6.47. The average Bonchev–Trinajstić information content (AvgIpc) is 3.56. The molecular formula is C25H26ClFN4O2S. The number of fused-ring (bicyclic) bond motifs is 3. The smallest absolute Gasteiger partial charge is 0.251 e. The van der Waals surface area contributed by atoms with Gasteiger partial charge >= 0.3 is 0 Å². The molecule has 0 radical (unpaired) electrons. The molecule has 2 aliphatic rings. The second-order valence-corrected chi connectivity index (χ2v) is 9.85. The molecule has 2 aromatic carbocycles. The monoisotopic (exact) mass is 500 g/mol. The number of rotatable bonds is 4. The number of hydrogen-bond donors (Lipinski definition) is 2. The first-order valence-corrected chi connectivity index (χ1v) is 12.3. The highest BCUT2D eigenvalue weighted by Crippen LogP contribution is 2.32. The van der Waals surface area contributed by atoms with Crippen LogP contribution < -0.4 is 10.6 Å². The van der Waals surface area contributed by atoms with Gasteiger partial charge in [0.25, 0.3) is 5.91 Å². The number of carbonyl (C=O) groups excluding carboxylic acids is 1. The first-order valence-electron chi connectivity index (χ1n) is 11.5. The predicted molar refractivity (Wildman–Crippen MR) is 135 cm³/mol. The van der Waals surface area contributed by atoms with Crippen molar-refractivity contribution in [1.29, 1.82) is 0 Å². The van der Waals surface area contributed by atoms with Crippen LogP contribution in [0, 0.1) is 5.82 Å². The molecule has 4 heterocycles. The van der Waals surface area contributed by atoms with E-state index in [2.05, 4.69) is 15.6 Å². The summed E-state index contributed by atoms with van der Waals surface area (Å²) in [5.74, 6) is -0.333. The van der Waals surface area contributed by atoms with Gasteiger partial charge < -0.3 is 15.4 Å². The Bertz CT molecular complexity index is 1340. The Kier molecular flexibility index (Phi) is 6.57. The Balaban J connectivity index is 0.00000241. The first-order chi connectivity index (χ1) is 16.2. The maximum absolute atomic E-state index is 14.9. The zero-order valence-electron chi connectivity index (χ0n) is 18.6. The van der Waals surface area contributed by atoms with Gasteiger partial charge in [-0.1, -0.05) is 17.4 Å². The van der Waals surface area contributed by atoms with Gasteiger partial charge in [0.15, 0.2) is 4.96 Å². The van der Waals surface area contributed by atoms with E-state index < -0.39 is 0 Å². The van der Waals surface area contributed by atoms with Gasteiger partial charge in [-0.3, -0.25) is 9.20 Å². The maximum Gasteiger partial charge on any atom is 0.251 e. The van der Waals surface area contributed by atoms with Crippen molar-refractivity contribution in [2.45, 2.75) is 37.8 Å². The van der Waals surface area contributed by atoms with Crippen LogP contribution in [0.15, 0.2) is 42.6 Å². The van der Waals surface area contributed by atoms with Crippen LogP contribution in [0.5, 0.6) is 0 Å². The number of thiazole rings is 1. The Morgan fingerprint density at radius 1 is 1.21 bits per heavy atom. The molecule has 178 valence electrons. The van der Waals surface area contributed by atoms with Gasteiger partial charge in [0.05, 0.1) is 28.6 Å². The summed E-state index contributed by atoms with van der Waals surface area (Å²) in [4.78, 5) is 18.1. The summed E-state index contributed by atoms with van der Waals surface area (Å²) < 4.78 is 23.3. The quantitative estimate of drug-likeness (QED) is 0.408. The number of ether oxygens (including phenoxy) is 1. The highest BCUT2D eigenvalue weighted by atomic mass is 35.5. The fraction of sp³-hybridized carbons (Fsp3) is 0.360. The van der Waals surface area contributed by atoms with Gasteiger partial charge in [-0.25, -0.2) is 9.37 Å². The molecule has 1 amide bonds. The van der Waals surface area contributed by atoms with Crippen molar-refractivity contribution in [2.75, 3.05) is 19.8 Å². The highest BCUT2D eigenvalue weighted by Gasteiger charge is 2.20. The van der Waals surface area contributed by atoms with E-state index >= 15 is 0 Å². The van der Waals surface area contributed by atoms with Crippen LogP contribution in [-0.2, 0) is 4.74 Å². The molecular weight excluding hydrogens is 475 g/mol. The van der Waals surface area contributed by atoms with Gasteiger partial charge in [-0.05, 0) is 68.1 Å². The zero-order chi connectivity index (χ0) is 22.4. The van der Waals surface area contributed by atoms with Crippen molar-refractivity contribution in [1.82, 2.24) is 20.0 Å². The van der Waals surface area contributed by atoms with Gasteiger partial charge in [0.2, 0.25) is 0 Å². The summed E-state index contributed by atoms with van der Waals surface area (Å²) in [6, 6.07) is 11.4. The molecule has 6 nitrogen and oxygen atoms in total. The van der Waals surface area contributed by atoms with E-state index in [0.717, 1.165) is 59.6 Å². The molecule has 6 rings (SSSR count). The second kappa shape index (κ2) is 9.62. The summed E-state index contributed by atoms with van der Waals surface area (Å²) in [6.45, 7) is 2.32. The molecule has 0 spiro atoms. The number of nitrogens with zero attached hydrogens (tertiary/aromatic N) is 2. The lowest BCUT2D eigenvalue weighted by molar-refractivity contribution is 0.0624. The molecule has 2 atom stereocenters. The minimum Gasteiger partial charge on any atom is -0.379 e. The minimum atomic E-state index is -0.248. The number of amides is 1. The molecule has 2 fully saturated rings. The number of carbonyl (C=O) groups is 1. The van der Waals surface area contributed by atoms with E-state index in [-0.39, 0.29) is 36.2 Å². The van der Waals surface area contributed by atoms with Crippen LogP contribution in [0.3, 0.4) is 0 Å². The van der Waals surface area contributed by atoms with Crippen LogP contribution in [0.4, 0.5) is 4.39 Å². The first kappa shape index (κ1) is 23.2. The normalized spacial score (nSPS) is 20.5. The van der Waals surface area contributed by atoms with Crippen molar-refractivity contribution in [3.05, 3.63) is 59.5 Å². The van der Waals surface area contributed by atoms with E-state index in [1.807, 2.05) is 40.9 Å². The lowest BCUT2D eigenvalue weighted by Gasteiger charge is -2.23. The van der Waals surface area contributed by atoms with E-state index in [1.54, 1.807) is 6.07 Å². The zero-order valence-corrected chi connectivity index (χ0v) is 20.2. The van der Waals surface area contributed by atoms with Crippen LogP contribution in [-0.4, -0.2) is 41.1 Å². The molecule has 2 unspecified atom stereocenters. The van der Waals surface area contributed by atoms with Crippen LogP contribution >= 0.6 is 23.7 Å². The lowest BCUT2D eigenvalue weighted by atomic mass is 10.0. The predicted octanol–water partition coefficient (Wildman–Crippen LogP) is 5.11. The van der Waals surface area contributed by atoms with Gasteiger partial charge in [-0.2, -0.15) is 0 Å². The lowest BCUT2D eigenvalue weighted by Crippen LogP contribution is -2.40. The third kappa shape index (κ3) is 4.31. The maximum atomic E-state index is 14.9. The topological polar surface area (TPSA) is 67.7 Å². The minimum absolute atomic E-state index is 0. The largest absolute Gasteiger partial charge is 0.379 e.